The van der Waals surface area contributed by atoms with E-state index < -0.39 is 5.25 Å². The maximum atomic E-state index is 12.3. The van der Waals surface area contributed by atoms with E-state index in [1.807, 2.05) is 56.3 Å². The number of para-hydroxylation sites is 1. The SMILES string of the molecule is Cc1ccc(NC(=O)C[C@H]2Sc3ccccc3NC2=O)c(C)c1. The first-order chi connectivity index (χ1) is 11.0. The van der Waals surface area contributed by atoms with E-state index >= 15 is 0 Å². The minimum Gasteiger partial charge on any atom is -0.326 e. The van der Waals surface area contributed by atoms with Crippen LogP contribution < -0.4 is 10.6 Å². The van der Waals surface area contributed by atoms with Gasteiger partial charge in [0.2, 0.25) is 11.8 Å². The summed E-state index contributed by atoms with van der Waals surface area (Å²) >= 11 is 1.44. The molecule has 2 aromatic carbocycles. The lowest BCUT2D eigenvalue weighted by Gasteiger charge is -2.23. The van der Waals surface area contributed by atoms with E-state index in [0.717, 1.165) is 27.4 Å². The first-order valence-electron chi connectivity index (χ1n) is 7.46. The lowest BCUT2D eigenvalue weighted by atomic mass is 10.1. The summed E-state index contributed by atoms with van der Waals surface area (Å²) in [7, 11) is 0. The molecule has 0 spiro atoms. The van der Waals surface area contributed by atoms with Gasteiger partial charge in [-0.05, 0) is 37.6 Å². The Morgan fingerprint density at radius 2 is 2.00 bits per heavy atom. The van der Waals surface area contributed by atoms with Gasteiger partial charge in [0.05, 0.1) is 10.9 Å². The molecule has 1 heterocycles. The number of carbonyl (C=O) groups is 2. The fourth-order valence-corrected chi connectivity index (χ4v) is 3.66. The predicted molar refractivity (Wildman–Crippen MR) is 93.9 cm³/mol. The Labute approximate surface area is 139 Å². The number of thioether (sulfide) groups is 1. The van der Waals surface area contributed by atoms with Crippen LogP contribution in [-0.2, 0) is 9.59 Å². The van der Waals surface area contributed by atoms with Crippen LogP contribution in [-0.4, -0.2) is 17.1 Å². The van der Waals surface area contributed by atoms with Crippen LogP contribution in [0.3, 0.4) is 0 Å². The summed E-state index contributed by atoms with van der Waals surface area (Å²) < 4.78 is 0. The van der Waals surface area contributed by atoms with Crippen LogP contribution in [0.25, 0.3) is 0 Å². The Bertz CT molecular complexity index is 773. The molecule has 3 rings (SSSR count). The molecule has 2 N–H and O–H groups in total. The highest BCUT2D eigenvalue weighted by Crippen LogP contribution is 2.36. The average Bonchev–Trinajstić information content (AvgIpc) is 2.51. The van der Waals surface area contributed by atoms with E-state index in [9.17, 15) is 9.59 Å². The highest BCUT2D eigenvalue weighted by Gasteiger charge is 2.28. The number of anilines is 2. The van der Waals surface area contributed by atoms with E-state index in [0.29, 0.717) is 0 Å². The number of nitrogens with one attached hydrogen (secondary N) is 2. The zero-order valence-electron chi connectivity index (χ0n) is 13.1. The van der Waals surface area contributed by atoms with Crippen molar-refractivity contribution in [1.82, 2.24) is 0 Å². The fraction of sp³-hybridized carbons (Fsp3) is 0.222. The molecule has 0 aromatic heterocycles. The summed E-state index contributed by atoms with van der Waals surface area (Å²) in [6.07, 6.45) is 0.151. The number of amides is 2. The maximum Gasteiger partial charge on any atom is 0.238 e. The van der Waals surface area contributed by atoms with Crippen LogP contribution in [0.1, 0.15) is 17.5 Å². The second kappa shape index (κ2) is 6.46. The number of hydrogen-bond acceptors (Lipinski definition) is 3. The van der Waals surface area contributed by atoms with Gasteiger partial charge in [-0.3, -0.25) is 9.59 Å². The van der Waals surface area contributed by atoms with Gasteiger partial charge < -0.3 is 10.6 Å². The maximum absolute atomic E-state index is 12.3. The molecule has 0 bridgehead atoms. The Kier molecular flexibility index (Phi) is 4.39. The molecule has 2 amide bonds. The lowest BCUT2D eigenvalue weighted by Crippen LogP contribution is -2.32. The van der Waals surface area contributed by atoms with Gasteiger partial charge in [0.15, 0.2) is 0 Å². The van der Waals surface area contributed by atoms with Crippen molar-refractivity contribution in [3.05, 3.63) is 53.6 Å². The molecule has 1 aliphatic heterocycles. The van der Waals surface area contributed by atoms with Crippen LogP contribution in [0.15, 0.2) is 47.4 Å². The van der Waals surface area contributed by atoms with Crippen LogP contribution in [0.4, 0.5) is 11.4 Å². The van der Waals surface area contributed by atoms with Gasteiger partial charge >= 0.3 is 0 Å². The fourth-order valence-electron chi connectivity index (χ4n) is 2.55. The highest BCUT2D eigenvalue weighted by atomic mass is 32.2. The lowest BCUT2D eigenvalue weighted by molar-refractivity contribution is -0.120. The molecule has 1 aliphatic rings. The van der Waals surface area contributed by atoms with Crippen LogP contribution in [0.5, 0.6) is 0 Å². The van der Waals surface area contributed by atoms with E-state index in [1.165, 1.54) is 11.8 Å². The molecule has 5 heteroatoms. The Morgan fingerprint density at radius 1 is 1.22 bits per heavy atom. The summed E-state index contributed by atoms with van der Waals surface area (Å²) in [5.41, 5.74) is 3.78. The third kappa shape index (κ3) is 3.56. The molecule has 23 heavy (non-hydrogen) atoms. The van der Waals surface area contributed by atoms with Crippen molar-refractivity contribution >= 4 is 35.0 Å². The molecule has 0 saturated carbocycles. The van der Waals surface area contributed by atoms with Gasteiger partial charge in [-0.15, -0.1) is 11.8 Å². The molecular formula is C18H18N2O2S. The highest BCUT2D eigenvalue weighted by molar-refractivity contribution is 8.01. The van der Waals surface area contributed by atoms with Gasteiger partial charge in [-0.25, -0.2) is 0 Å². The van der Waals surface area contributed by atoms with E-state index in [4.69, 9.17) is 0 Å². The third-order valence-corrected chi connectivity index (χ3v) is 5.01. The standard InChI is InChI=1S/C18H18N2O2S/c1-11-7-8-13(12(2)9-11)19-17(21)10-16-18(22)20-14-5-3-4-6-15(14)23-16/h3-9,16H,10H2,1-2H3,(H,19,21)(H,20,22)/t16-/m1/s1. The number of carbonyl (C=O) groups excluding carboxylic acids is 2. The van der Waals surface area contributed by atoms with Crippen molar-refractivity contribution in [2.45, 2.75) is 30.4 Å². The van der Waals surface area contributed by atoms with Gasteiger partial charge in [-0.2, -0.15) is 0 Å². The average molecular weight is 326 g/mol. The van der Waals surface area contributed by atoms with Crippen molar-refractivity contribution in [2.24, 2.45) is 0 Å². The number of benzene rings is 2. The predicted octanol–water partition coefficient (Wildman–Crippen LogP) is 3.75. The molecule has 0 aliphatic carbocycles. The topological polar surface area (TPSA) is 58.2 Å². The quantitative estimate of drug-likeness (QED) is 0.903. The molecular weight excluding hydrogens is 308 g/mol. The van der Waals surface area contributed by atoms with Gasteiger partial charge in [-0.1, -0.05) is 29.8 Å². The van der Waals surface area contributed by atoms with E-state index in [-0.39, 0.29) is 18.2 Å². The summed E-state index contributed by atoms with van der Waals surface area (Å²) in [5.74, 6) is -0.270. The second-order valence-electron chi connectivity index (χ2n) is 5.66. The van der Waals surface area contributed by atoms with Crippen LogP contribution in [0.2, 0.25) is 0 Å². The van der Waals surface area contributed by atoms with Crippen molar-refractivity contribution < 1.29 is 9.59 Å². The Balaban J connectivity index is 1.67. The zero-order valence-corrected chi connectivity index (χ0v) is 13.9. The number of hydrogen-bond donors (Lipinski definition) is 2. The van der Waals surface area contributed by atoms with Gasteiger partial charge in [0.25, 0.3) is 0 Å². The smallest absolute Gasteiger partial charge is 0.238 e. The number of fused-ring (bicyclic) bond motifs is 1. The molecule has 0 unspecified atom stereocenters. The number of aryl methyl sites for hydroxylation is 2. The molecule has 0 radical (unpaired) electrons. The summed E-state index contributed by atoms with van der Waals surface area (Å²) in [4.78, 5) is 25.4. The van der Waals surface area contributed by atoms with Crippen molar-refractivity contribution in [3.63, 3.8) is 0 Å². The molecule has 1 atom stereocenters. The largest absolute Gasteiger partial charge is 0.326 e. The normalized spacial score (nSPS) is 16.4. The number of rotatable bonds is 3. The zero-order chi connectivity index (χ0) is 16.4. The molecule has 4 nitrogen and oxygen atoms in total. The molecule has 118 valence electrons. The summed E-state index contributed by atoms with van der Waals surface area (Å²) in [6.45, 7) is 3.97. The van der Waals surface area contributed by atoms with E-state index in [1.54, 1.807) is 0 Å². The van der Waals surface area contributed by atoms with E-state index in [2.05, 4.69) is 10.6 Å². The molecule has 0 fully saturated rings. The first kappa shape index (κ1) is 15.6. The summed E-state index contributed by atoms with van der Waals surface area (Å²) in [6, 6.07) is 13.5. The Hall–Kier alpha value is -2.27. The van der Waals surface area contributed by atoms with Crippen LogP contribution >= 0.6 is 11.8 Å². The van der Waals surface area contributed by atoms with Crippen molar-refractivity contribution in [1.29, 1.82) is 0 Å². The monoisotopic (exact) mass is 326 g/mol. The minimum absolute atomic E-state index is 0.121. The van der Waals surface area contributed by atoms with Crippen LogP contribution in [0, 0.1) is 13.8 Å². The van der Waals surface area contributed by atoms with Crippen molar-refractivity contribution in [3.8, 4) is 0 Å². The van der Waals surface area contributed by atoms with Gasteiger partial charge in [0.1, 0.15) is 0 Å². The van der Waals surface area contributed by atoms with Gasteiger partial charge in [0, 0.05) is 17.0 Å². The second-order valence-corrected chi connectivity index (χ2v) is 6.91. The summed E-state index contributed by atoms with van der Waals surface area (Å²) in [5, 5.41) is 5.35. The third-order valence-electron chi connectivity index (χ3n) is 3.73. The molecule has 0 saturated heterocycles. The minimum atomic E-state index is -0.407. The Morgan fingerprint density at radius 3 is 2.78 bits per heavy atom. The van der Waals surface area contributed by atoms with Crippen molar-refractivity contribution in [2.75, 3.05) is 10.6 Å². The molecule has 2 aromatic rings. The first-order valence-corrected chi connectivity index (χ1v) is 8.34.